The molecule has 0 saturated carbocycles. The van der Waals surface area contributed by atoms with Gasteiger partial charge in [-0.25, -0.2) is 0 Å². The van der Waals surface area contributed by atoms with Crippen molar-refractivity contribution >= 4 is 0 Å². The number of hydrogen-bond acceptors (Lipinski definition) is 2. The minimum atomic E-state index is 0.182. The van der Waals surface area contributed by atoms with Crippen LogP contribution in [0.25, 0.3) is 0 Å². The second-order valence-corrected chi connectivity index (χ2v) is 3.08. The summed E-state index contributed by atoms with van der Waals surface area (Å²) in [5.41, 5.74) is 2.75. The van der Waals surface area contributed by atoms with Gasteiger partial charge in [-0.3, -0.25) is 0 Å². The molecular weight excluding hydrogens is 138 g/mol. The number of hydrogen-bond donors (Lipinski definition) is 0. The third-order valence-corrected chi connectivity index (χ3v) is 1.77. The molecule has 11 heavy (non-hydrogen) atoms. The highest BCUT2D eigenvalue weighted by Crippen LogP contribution is 2.09. The van der Waals surface area contributed by atoms with E-state index in [0.717, 1.165) is 13.1 Å². The molecule has 0 aliphatic carbocycles. The molecule has 0 aromatic rings. The van der Waals surface area contributed by atoms with Crippen molar-refractivity contribution in [3.8, 4) is 0 Å². The van der Waals surface area contributed by atoms with Crippen molar-refractivity contribution in [2.24, 2.45) is 0 Å². The number of nitrogens with zero attached hydrogens (tertiary/aromatic N) is 1. The molecule has 0 bridgehead atoms. The number of ether oxygens (including phenoxy) is 1. The highest BCUT2D eigenvalue weighted by atomic mass is 16.5. The van der Waals surface area contributed by atoms with Gasteiger partial charge >= 0.3 is 0 Å². The molecule has 1 aliphatic heterocycles. The van der Waals surface area contributed by atoms with Crippen LogP contribution >= 0.6 is 0 Å². The minimum absolute atomic E-state index is 0.182. The maximum absolute atomic E-state index is 5.60. The zero-order valence-corrected chi connectivity index (χ0v) is 7.21. The standard InChI is InChI=1S/C9H15NO/c1-4-5-9-7-10(3)6-8(2)11-9/h5,8-9H,1,6-7H2,2-3H3. The molecule has 0 N–H and O–H groups in total. The van der Waals surface area contributed by atoms with E-state index in [0.29, 0.717) is 6.10 Å². The van der Waals surface area contributed by atoms with Crippen LogP contribution in [0.1, 0.15) is 6.92 Å². The Balaban J connectivity index is 2.49. The van der Waals surface area contributed by atoms with E-state index in [2.05, 4.69) is 31.2 Å². The van der Waals surface area contributed by atoms with E-state index in [1.807, 2.05) is 6.08 Å². The van der Waals surface area contributed by atoms with Crippen molar-refractivity contribution in [1.82, 2.24) is 4.90 Å². The summed E-state index contributed by atoms with van der Waals surface area (Å²) in [7, 11) is 2.10. The van der Waals surface area contributed by atoms with E-state index in [4.69, 9.17) is 4.74 Å². The highest BCUT2D eigenvalue weighted by Gasteiger charge is 2.20. The van der Waals surface area contributed by atoms with Crippen molar-refractivity contribution in [2.75, 3.05) is 20.1 Å². The molecule has 1 heterocycles. The van der Waals surface area contributed by atoms with Crippen LogP contribution in [0.5, 0.6) is 0 Å². The fraction of sp³-hybridized carbons (Fsp3) is 0.667. The fourth-order valence-corrected chi connectivity index (χ4v) is 1.43. The molecule has 2 nitrogen and oxygen atoms in total. The van der Waals surface area contributed by atoms with Crippen molar-refractivity contribution in [3.63, 3.8) is 0 Å². The van der Waals surface area contributed by atoms with Gasteiger partial charge in [0.2, 0.25) is 0 Å². The Hall–Kier alpha value is -0.560. The van der Waals surface area contributed by atoms with Crippen LogP contribution in [0, 0.1) is 0 Å². The van der Waals surface area contributed by atoms with E-state index < -0.39 is 0 Å². The van der Waals surface area contributed by atoms with Crippen LogP contribution in [0.2, 0.25) is 0 Å². The summed E-state index contributed by atoms with van der Waals surface area (Å²) >= 11 is 0. The predicted molar refractivity (Wildman–Crippen MR) is 45.5 cm³/mol. The highest BCUT2D eigenvalue weighted by molar-refractivity contribution is 4.90. The summed E-state index contributed by atoms with van der Waals surface area (Å²) in [5.74, 6) is 0. The summed E-state index contributed by atoms with van der Waals surface area (Å²) in [4.78, 5) is 2.26. The van der Waals surface area contributed by atoms with Gasteiger partial charge in [-0.1, -0.05) is 6.58 Å². The number of morpholine rings is 1. The largest absolute Gasteiger partial charge is 0.368 e. The van der Waals surface area contributed by atoms with E-state index in [1.165, 1.54) is 0 Å². The summed E-state index contributed by atoms with van der Waals surface area (Å²) in [5, 5.41) is 0. The van der Waals surface area contributed by atoms with Crippen LogP contribution in [-0.4, -0.2) is 37.2 Å². The molecule has 0 amide bonds. The Morgan fingerprint density at radius 3 is 2.91 bits per heavy atom. The van der Waals surface area contributed by atoms with Gasteiger partial charge in [0.15, 0.2) is 0 Å². The monoisotopic (exact) mass is 153 g/mol. The van der Waals surface area contributed by atoms with Crippen LogP contribution in [0.15, 0.2) is 18.4 Å². The fourth-order valence-electron chi connectivity index (χ4n) is 1.43. The van der Waals surface area contributed by atoms with Gasteiger partial charge in [-0.2, -0.15) is 0 Å². The zero-order valence-electron chi connectivity index (χ0n) is 7.21. The third kappa shape index (κ3) is 2.51. The first-order chi connectivity index (χ1) is 5.22. The molecule has 62 valence electrons. The molecule has 2 heteroatoms. The molecule has 1 fully saturated rings. The third-order valence-electron chi connectivity index (χ3n) is 1.77. The molecule has 2 unspecified atom stereocenters. The van der Waals surface area contributed by atoms with E-state index in [1.54, 1.807) is 0 Å². The molecule has 0 spiro atoms. The lowest BCUT2D eigenvalue weighted by Gasteiger charge is -2.32. The molecule has 1 aliphatic rings. The summed E-state index contributed by atoms with van der Waals surface area (Å²) in [6.07, 6.45) is 2.39. The maximum atomic E-state index is 5.60. The molecule has 0 aromatic carbocycles. The molecule has 1 rings (SSSR count). The van der Waals surface area contributed by atoms with Crippen molar-refractivity contribution in [3.05, 3.63) is 18.4 Å². The van der Waals surface area contributed by atoms with Crippen LogP contribution in [0.4, 0.5) is 0 Å². The van der Waals surface area contributed by atoms with Crippen LogP contribution < -0.4 is 0 Å². The lowest BCUT2D eigenvalue weighted by Crippen LogP contribution is -2.43. The Morgan fingerprint density at radius 1 is 1.64 bits per heavy atom. The molecule has 1 saturated heterocycles. The van der Waals surface area contributed by atoms with Gasteiger partial charge in [0, 0.05) is 13.1 Å². The number of rotatable bonds is 1. The lowest BCUT2D eigenvalue weighted by atomic mass is 10.2. The average molecular weight is 153 g/mol. The Morgan fingerprint density at radius 2 is 2.36 bits per heavy atom. The summed E-state index contributed by atoms with van der Waals surface area (Å²) in [6.45, 7) is 7.58. The van der Waals surface area contributed by atoms with Gasteiger partial charge in [-0.05, 0) is 20.0 Å². The molecule has 2 atom stereocenters. The molecule has 0 radical (unpaired) electrons. The normalized spacial score (nSPS) is 32.9. The van der Waals surface area contributed by atoms with Crippen molar-refractivity contribution in [2.45, 2.75) is 19.1 Å². The quantitative estimate of drug-likeness (QED) is 0.522. The minimum Gasteiger partial charge on any atom is -0.368 e. The summed E-state index contributed by atoms with van der Waals surface area (Å²) in [6, 6.07) is 0. The van der Waals surface area contributed by atoms with Gasteiger partial charge in [0.1, 0.15) is 0 Å². The predicted octanol–water partition coefficient (Wildman–Crippen LogP) is 1.05. The average Bonchev–Trinajstić information content (AvgIpc) is 1.85. The lowest BCUT2D eigenvalue weighted by molar-refractivity contribution is -0.0466. The molecule has 0 aromatic heterocycles. The van der Waals surface area contributed by atoms with Gasteiger partial charge < -0.3 is 9.64 Å². The first kappa shape index (κ1) is 8.54. The van der Waals surface area contributed by atoms with Crippen molar-refractivity contribution in [1.29, 1.82) is 0 Å². The van der Waals surface area contributed by atoms with Gasteiger partial charge in [-0.15, -0.1) is 5.73 Å². The van der Waals surface area contributed by atoms with Gasteiger partial charge in [0.05, 0.1) is 12.2 Å². The topological polar surface area (TPSA) is 12.5 Å². The van der Waals surface area contributed by atoms with Crippen molar-refractivity contribution < 1.29 is 4.74 Å². The smallest absolute Gasteiger partial charge is 0.0960 e. The van der Waals surface area contributed by atoms with E-state index in [9.17, 15) is 0 Å². The first-order valence-electron chi connectivity index (χ1n) is 3.92. The Kier molecular flexibility index (Phi) is 2.89. The van der Waals surface area contributed by atoms with E-state index in [-0.39, 0.29) is 6.10 Å². The second kappa shape index (κ2) is 3.72. The molecular formula is C9H15NO. The first-order valence-corrected chi connectivity index (χ1v) is 3.92. The van der Waals surface area contributed by atoms with E-state index >= 15 is 0 Å². The Labute approximate surface area is 68.1 Å². The SMILES string of the molecule is C=C=CC1CN(C)CC(C)O1. The van der Waals surface area contributed by atoms with Crippen LogP contribution in [-0.2, 0) is 4.74 Å². The number of likely N-dealkylation sites (N-methyl/N-ethyl adjacent to an activating group) is 1. The zero-order chi connectivity index (χ0) is 8.27. The van der Waals surface area contributed by atoms with Crippen LogP contribution in [0.3, 0.4) is 0 Å². The van der Waals surface area contributed by atoms with Gasteiger partial charge in [0.25, 0.3) is 0 Å². The maximum Gasteiger partial charge on any atom is 0.0960 e. The summed E-state index contributed by atoms with van der Waals surface area (Å²) < 4.78 is 5.60. The Bertz CT molecular complexity index is 162. The second-order valence-electron chi connectivity index (χ2n) is 3.08.